The molecule has 3 aromatic rings. The van der Waals surface area contributed by atoms with E-state index in [1.165, 1.54) is 18.9 Å². The second-order valence-electron chi connectivity index (χ2n) is 6.87. The summed E-state index contributed by atoms with van der Waals surface area (Å²) in [6.07, 6.45) is 6.20. The Labute approximate surface area is 182 Å². The monoisotopic (exact) mass is 445 g/mol. The number of furan rings is 1. The van der Waals surface area contributed by atoms with Crippen molar-refractivity contribution in [1.29, 1.82) is 0 Å². The van der Waals surface area contributed by atoms with Crippen molar-refractivity contribution in [3.63, 3.8) is 0 Å². The van der Waals surface area contributed by atoms with Crippen LogP contribution in [-0.2, 0) is 4.79 Å². The van der Waals surface area contributed by atoms with Gasteiger partial charge in [-0.25, -0.2) is 4.79 Å². The van der Waals surface area contributed by atoms with Crippen LogP contribution in [0.25, 0.3) is 17.5 Å². The average molecular weight is 446 g/mol. The van der Waals surface area contributed by atoms with Crippen molar-refractivity contribution >= 4 is 41.3 Å². The highest BCUT2D eigenvalue weighted by molar-refractivity contribution is 8.03. The average Bonchev–Trinajstić information content (AvgIpc) is 3.31. The summed E-state index contributed by atoms with van der Waals surface area (Å²) < 4.78 is 11.5. The van der Waals surface area contributed by atoms with Crippen LogP contribution in [0, 0.1) is 0 Å². The number of carboxylic acids is 1. The van der Waals surface area contributed by atoms with Crippen molar-refractivity contribution in [1.82, 2.24) is 10.2 Å². The van der Waals surface area contributed by atoms with Crippen LogP contribution in [-0.4, -0.2) is 34.4 Å². The van der Waals surface area contributed by atoms with E-state index in [4.69, 9.17) is 20.4 Å². The van der Waals surface area contributed by atoms with Crippen LogP contribution < -0.4 is 4.90 Å². The van der Waals surface area contributed by atoms with Crippen LogP contribution in [0.4, 0.5) is 5.88 Å². The molecule has 3 heterocycles. The van der Waals surface area contributed by atoms with Crippen molar-refractivity contribution in [2.75, 3.05) is 18.0 Å². The molecule has 1 saturated heterocycles. The molecule has 0 spiro atoms. The normalized spacial score (nSPS) is 15.2. The molecule has 156 valence electrons. The second-order valence-corrected chi connectivity index (χ2v) is 8.30. The minimum atomic E-state index is -1.10. The Morgan fingerprint density at radius 1 is 1.03 bits per heavy atom. The van der Waals surface area contributed by atoms with E-state index in [-0.39, 0.29) is 10.1 Å². The Kier molecular flexibility index (Phi) is 6.44. The topological polar surface area (TPSA) is 92.6 Å². The number of hydrogen-bond donors (Lipinski definition) is 1. The minimum Gasteiger partial charge on any atom is -0.477 e. The Morgan fingerprint density at radius 3 is 2.47 bits per heavy atom. The first-order chi connectivity index (χ1) is 14.6. The van der Waals surface area contributed by atoms with Crippen LogP contribution in [0.3, 0.4) is 0 Å². The predicted molar refractivity (Wildman–Crippen MR) is 116 cm³/mol. The van der Waals surface area contributed by atoms with Crippen molar-refractivity contribution in [3.05, 3.63) is 52.1 Å². The standard InChI is InChI=1S/C21H20ClN3O4S/c22-15-7-5-14(6-8-15)19-23-24-21(29-19)30-17(20(26)27)13-16-9-10-18(28-16)25-11-3-1-2-4-12-25/h5-10,13H,1-4,11-12H2,(H,26,27)/b17-13-. The maximum atomic E-state index is 11.7. The van der Waals surface area contributed by atoms with E-state index in [9.17, 15) is 9.90 Å². The molecule has 0 bridgehead atoms. The number of hydrogen-bond acceptors (Lipinski definition) is 7. The smallest absolute Gasteiger partial charge is 0.342 e. The van der Waals surface area contributed by atoms with E-state index in [2.05, 4.69) is 15.1 Å². The molecule has 30 heavy (non-hydrogen) atoms. The van der Waals surface area contributed by atoms with Gasteiger partial charge in [0.05, 0.1) is 0 Å². The number of carboxylic acid groups (broad SMARTS) is 1. The summed E-state index contributed by atoms with van der Waals surface area (Å²) in [5, 5.41) is 18.2. The molecular weight excluding hydrogens is 426 g/mol. The third-order valence-electron chi connectivity index (χ3n) is 4.71. The SMILES string of the molecule is O=C(O)/C(=C/c1ccc(N2CCCCCC2)o1)Sc1nnc(-c2ccc(Cl)cc2)o1. The lowest BCUT2D eigenvalue weighted by Gasteiger charge is -2.18. The number of anilines is 1. The fraction of sp³-hybridized carbons (Fsp3) is 0.286. The Morgan fingerprint density at radius 2 is 1.77 bits per heavy atom. The summed E-state index contributed by atoms with van der Waals surface area (Å²) >= 11 is 6.77. The van der Waals surface area contributed by atoms with Crippen LogP contribution in [0.1, 0.15) is 31.4 Å². The first-order valence-electron chi connectivity index (χ1n) is 9.65. The number of aliphatic carboxylic acids is 1. The number of rotatable bonds is 6. The molecule has 1 fully saturated rings. The minimum absolute atomic E-state index is 0.0260. The number of carbonyl (C=O) groups is 1. The lowest BCUT2D eigenvalue weighted by atomic mass is 10.2. The first-order valence-corrected chi connectivity index (χ1v) is 10.8. The Hall–Kier alpha value is -2.71. The first kappa shape index (κ1) is 20.6. The highest BCUT2D eigenvalue weighted by Gasteiger charge is 2.18. The van der Waals surface area contributed by atoms with Gasteiger partial charge in [-0.3, -0.25) is 0 Å². The molecule has 1 N–H and O–H groups in total. The number of aromatic nitrogens is 2. The summed E-state index contributed by atoms with van der Waals surface area (Å²) in [5.74, 6) is 0.427. The van der Waals surface area contributed by atoms with Gasteiger partial charge in [-0.1, -0.05) is 24.4 Å². The van der Waals surface area contributed by atoms with Gasteiger partial charge in [0.1, 0.15) is 10.7 Å². The molecule has 2 aromatic heterocycles. The summed E-state index contributed by atoms with van der Waals surface area (Å²) in [5.41, 5.74) is 0.702. The van der Waals surface area contributed by atoms with E-state index < -0.39 is 5.97 Å². The van der Waals surface area contributed by atoms with Crippen LogP contribution in [0.15, 0.2) is 55.4 Å². The molecule has 0 radical (unpaired) electrons. The molecule has 1 aliphatic heterocycles. The van der Waals surface area contributed by atoms with E-state index in [1.54, 1.807) is 30.3 Å². The molecule has 7 nitrogen and oxygen atoms in total. The van der Waals surface area contributed by atoms with Gasteiger partial charge in [-0.2, -0.15) is 0 Å². The molecule has 0 aliphatic carbocycles. The van der Waals surface area contributed by atoms with Gasteiger partial charge in [0.25, 0.3) is 5.22 Å². The maximum Gasteiger partial charge on any atom is 0.342 e. The molecular formula is C21H20ClN3O4S. The van der Waals surface area contributed by atoms with Crippen LogP contribution in [0.5, 0.6) is 0 Å². The zero-order valence-electron chi connectivity index (χ0n) is 16.1. The Balaban J connectivity index is 1.50. The Bertz CT molecular complexity index is 1040. The van der Waals surface area contributed by atoms with Gasteiger partial charge in [0.15, 0.2) is 5.88 Å². The zero-order chi connectivity index (χ0) is 20.9. The molecule has 0 unspecified atom stereocenters. The molecule has 0 amide bonds. The van der Waals surface area contributed by atoms with E-state index in [0.29, 0.717) is 22.2 Å². The third kappa shape index (κ3) is 5.06. The number of thioether (sulfide) groups is 1. The highest BCUT2D eigenvalue weighted by atomic mass is 35.5. The molecule has 9 heteroatoms. The van der Waals surface area contributed by atoms with E-state index >= 15 is 0 Å². The van der Waals surface area contributed by atoms with Gasteiger partial charge in [0, 0.05) is 35.8 Å². The largest absolute Gasteiger partial charge is 0.477 e. The maximum absolute atomic E-state index is 11.7. The third-order valence-corrected chi connectivity index (χ3v) is 5.81. The van der Waals surface area contributed by atoms with Gasteiger partial charge in [-0.05, 0) is 54.9 Å². The van der Waals surface area contributed by atoms with Gasteiger partial charge in [-0.15, -0.1) is 10.2 Å². The summed E-state index contributed by atoms with van der Waals surface area (Å²) in [6, 6.07) is 10.6. The number of nitrogens with zero attached hydrogens (tertiary/aromatic N) is 3. The second kappa shape index (κ2) is 9.40. The summed E-state index contributed by atoms with van der Waals surface area (Å²) in [7, 11) is 0. The summed E-state index contributed by atoms with van der Waals surface area (Å²) in [4.78, 5) is 14.0. The van der Waals surface area contributed by atoms with E-state index in [1.807, 2.05) is 6.07 Å². The zero-order valence-corrected chi connectivity index (χ0v) is 17.7. The molecule has 1 aliphatic rings. The number of halogens is 1. The highest BCUT2D eigenvalue weighted by Crippen LogP contribution is 2.31. The van der Waals surface area contributed by atoms with Crippen molar-refractivity contribution in [3.8, 4) is 11.5 Å². The van der Waals surface area contributed by atoms with Gasteiger partial charge < -0.3 is 18.8 Å². The van der Waals surface area contributed by atoms with E-state index in [0.717, 1.165) is 43.6 Å². The molecule has 0 atom stereocenters. The fourth-order valence-electron chi connectivity index (χ4n) is 3.20. The fourth-order valence-corrected chi connectivity index (χ4v) is 3.98. The van der Waals surface area contributed by atoms with Crippen LogP contribution >= 0.6 is 23.4 Å². The summed E-state index contributed by atoms with van der Waals surface area (Å²) in [6.45, 7) is 1.90. The van der Waals surface area contributed by atoms with Crippen molar-refractivity contribution in [2.24, 2.45) is 0 Å². The number of benzene rings is 1. The van der Waals surface area contributed by atoms with Gasteiger partial charge in [0.2, 0.25) is 5.89 Å². The quantitative estimate of drug-likeness (QED) is 0.388. The lowest BCUT2D eigenvalue weighted by molar-refractivity contribution is -0.131. The molecule has 4 rings (SSSR count). The lowest BCUT2D eigenvalue weighted by Crippen LogP contribution is -2.23. The van der Waals surface area contributed by atoms with Gasteiger partial charge >= 0.3 is 5.97 Å². The molecule has 0 saturated carbocycles. The van der Waals surface area contributed by atoms with Crippen LogP contribution in [0.2, 0.25) is 5.02 Å². The predicted octanol–water partition coefficient (Wildman–Crippen LogP) is 5.58. The van der Waals surface area contributed by atoms with Crippen molar-refractivity contribution < 1.29 is 18.7 Å². The molecule has 1 aromatic carbocycles. The van der Waals surface area contributed by atoms with Crippen molar-refractivity contribution in [2.45, 2.75) is 30.9 Å².